The minimum Gasteiger partial charge on any atom is -0.496 e. The molecule has 0 aromatic heterocycles. The highest BCUT2D eigenvalue weighted by Gasteiger charge is 2.30. The van der Waals surface area contributed by atoms with Gasteiger partial charge in [0, 0.05) is 80.9 Å². The van der Waals surface area contributed by atoms with Crippen molar-refractivity contribution in [1.29, 1.82) is 0 Å². The predicted octanol–water partition coefficient (Wildman–Crippen LogP) is 3.67. The van der Waals surface area contributed by atoms with Crippen molar-refractivity contribution in [1.82, 2.24) is 0 Å². The Bertz CT molecular complexity index is 987. The number of nitrogens with zero attached hydrogens (tertiary/aromatic N) is 2. The summed E-state index contributed by atoms with van der Waals surface area (Å²) in [7, 11) is 13.2. The Morgan fingerprint density at radius 1 is 0.677 bits per heavy atom. The Hall–Kier alpha value is -2.91. The quantitative estimate of drug-likeness (QED) is 0.528. The second kappa shape index (κ2) is 9.93. The van der Waals surface area contributed by atoms with Crippen LogP contribution in [-0.2, 0) is 0 Å². The van der Waals surface area contributed by atoms with Gasteiger partial charge in [0.05, 0.1) is 7.11 Å². The molecular weight excluding hydrogens is 403 g/mol. The molecule has 0 aliphatic carbocycles. The van der Waals surface area contributed by atoms with E-state index in [9.17, 15) is 0 Å². The molecule has 0 bridgehead atoms. The molecule has 0 saturated heterocycles. The monoisotopic (exact) mass is 436 g/mol. The smallest absolute Gasteiger partial charge is 0.127 e. The minimum absolute atomic E-state index is 0.903. The summed E-state index contributed by atoms with van der Waals surface area (Å²) in [6.45, 7) is 0. The lowest BCUT2D eigenvalue weighted by atomic mass is 10.2. The molecule has 5 nitrogen and oxygen atoms in total. The van der Waals surface area contributed by atoms with Gasteiger partial charge in [0.2, 0.25) is 0 Å². The molecule has 0 aliphatic rings. The second-order valence-corrected chi connectivity index (χ2v) is 9.69. The second-order valence-electron chi connectivity index (χ2n) is 7.64. The Morgan fingerprint density at radius 3 is 1.68 bits per heavy atom. The van der Waals surface area contributed by atoms with Crippen molar-refractivity contribution >= 4 is 46.6 Å². The summed E-state index contributed by atoms with van der Waals surface area (Å²) >= 11 is 0. The zero-order chi connectivity index (χ0) is 22.5. The van der Waals surface area contributed by atoms with Gasteiger partial charge >= 0.3 is 0 Å². The summed E-state index contributed by atoms with van der Waals surface area (Å²) in [4.78, 5) is 4.40. The van der Waals surface area contributed by atoms with Gasteiger partial charge in [0.25, 0.3) is 0 Å². The summed E-state index contributed by atoms with van der Waals surface area (Å²) in [5, 5.41) is 10.6. The third kappa shape index (κ3) is 4.42. The summed E-state index contributed by atoms with van der Waals surface area (Å²) in [6, 6.07) is 21.3. The molecule has 0 amide bonds. The Labute approximate surface area is 187 Å². The highest BCUT2D eigenvalue weighted by atomic mass is 31.1. The fourth-order valence-electron chi connectivity index (χ4n) is 3.83. The molecule has 2 N–H and O–H groups in total. The summed E-state index contributed by atoms with van der Waals surface area (Å²) in [5.41, 5.74) is 4.64. The predicted molar refractivity (Wildman–Crippen MR) is 139 cm³/mol. The first-order chi connectivity index (χ1) is 14.9. The molecule has 0 spiro atoms. The molecule has 31 heavy (non-hydrogen) atoms. The Balaban J connectivity index is 2.50. The largest absolute Gasteiger partial charge is 0.496 e. The summed E-state index contributed by atoms with van der Waals surface area (Å²) in [5.74, 6) is 0.903. The Kier molecular flexibility index (Phi) is 7.29. The maximum Gasteiger partial charge on any atom is 0.127 e. The van der Waals surface area contributed by atoms with Crippen molar-refractivity contribution in [2.24, 2.45) is 0 Å². The normalized spacial score (nSPS) is 11.6. The molecule has 0 saturated carbocycles. The number of hydrogen-bond donors (Lipinski definition) is 2. The SMILES string of the molecule is CNc1cccc(NC)c1P(c1ccccc1OC)c1c(N(C)C)cccc1N(C)C. The minimum atomic E-state index is -0.966. The lowest BCUT2D eigenvalue weighted by molar-refractivity contribution is 0.418. The van der Waals surface area contributed by atoms with Crippen LogP contribution in [0.1, 0.15) is 0 Å². The molecule has 1 atom stereocenters. The first-order valence-corrected chi connectivity index (χ1v) is 11.7. The van der Waals surface area contributed by atoms with E-state index in [0.717, 1.165) is 17.1 Å². The Morgan fingerprint density at radius 2 is 1.19 bits per heavy atom. The van der Waals surface area contributed by atoms with Crippen LogP contribution in [0.5, 0.6) is 5.75 Å². The standard InChI is InChI=1S/C25H33N4OP/c1-26-18-12-10-13-19(27-2)24(18)31(23-17-9-8-16-22(23)30-7)25-20(28(3)4)14-11-15-21(25)29(5)6/h8-17,26-27H,1-7H3. The number of methoxy groups -OCH3 is 1. The fourth-order valence-corrected chi connectivity index (χ4v) is 7.01. The van der Waals surface area contributed by atoms with Crippen LogP contribution < -0.4 is 41.1 Å². The number of para-hydroxylation sites is 1. The highest BCUT2D eigenvalue weighted by molar-refractivity contribution is 7.81. The van der Waals surface area contributed by atoms with Crippen LogP contribution in [0.3, 0.4) is 0 Å². The molecule has 0 heterocycles. The molecule has 3 aromatic carbocycles. The lowest BCUT2D eigenvalue weighted by Gasteiger charge is -2.32. The van der Waals surface area contributed by atoms with Crippen molar-refractivity contribution in [3.63, 3.8) is 0 Å². The number of rotatable bonds is 8. The fraction of sp³-hybridized carbons (Fsp3) is 0.280. The van der Waals surface area contributed by atoms with E-state index in [-0.39, 0.29) is 0 Å². The van der Waals surface area contributed by atoms with Gasteiger partial charge in [0.15, 0.2) is 0 Å². The van der Waals surface area contributed by atoms with Gasteiger partial charge in [-0.15, -0.1) is 0 Å². The molecule has 0 radical (unpaired) electrons. The molecule has 0 aliphatic heterocycles. The first-order valence-electron chi connectivity index (χ1n) is 10.3. The number of anilines is 4. The van der Waals surface area contributed by atoms with Gasteiger partial charge in [-0.3, -0.25) is 0 Å². The average Bonchev–Trinajstić information content (AvgIpc) is 2.79. The van der Waals surface area contributed by atoms with Gasteiger partial charge < -0.3 is 25.2 Å². The first kappa shape index (κ1) is 22.8. The zero-order valence-electron chi connectivity index (χ0n) is 19.5. The van der Waals surface area contributed by atoms with Gasteiger partial charge in [-0.2, -0.15) is 0 Å². The highest BCUT2D eigenvalue weighted by Crippen LogP contribution is 2.46. The van der Waals surface area contributed by atoms with E-state index < -0.39 is 7.92 Å². The van der Waals surface area contributed by atoms with E-state index in [0.29, 0.717) is 0 Å². The number of hydrogen-bond acceptors (Lipinski definition) is 5. The van der Waals surface area contributed by atoms with E-state index in [4.69, 9.17) is 4.74 Å². The van der Waals surface area contributed by atoms with E-state index >= 15 is 0 Å². The number of nitrogens with one attached hydrogen (secondary N) is 2. The van der Waals surface area contributed by atoms with E-state index in [1.54, 1.807) is 7.11 Å². The molecule has 3 aromatic rings. The topological polar surface area (TPSA) is 39.8 Å². The van der Waals surface area contributed by atoms with Crippen molar-refractivity contribution in [2.75, 3.05) is 69.8 Å². The molecule has 0 fully saturated rings. The third-order valence-electron chi connectivity index (χ3n) is 5.31. The zero-order valence-corrected chi connectivity index (χ0v) is 20.4. The maximum atomic E-state index is 5.87. The van der Waals surface area contributed by atoms with Crippen LogP contribution in [0.15, 0.2) is 60.7 Å². The van der Waals surface area contributed by atoms with Crippen molar-refractivity contribution < 1.29 is 4.74 Å². The molecule has 164 valence electrons. The molecular formula is C25H33N4OP. The number of benzene rings is 3. The van der Waals surface area contributed by atoms with Crippen LogP contribution in [0.2, 0.25) is 0 Å². The summed E-state index contributed by atoms with van der Waals surface area (Å²) in [6.07, 6.45) is 0. The molecule has 3 rings (SSSR count). The van der Waals surface area contributed by atoms with Crippen LogP contribution in [0, 0.1) is 0 Å². The van der Waals surface area contributed by atoms with Gasteiger partial charge in [-0.05, 0) is 38.3 Å². The summed E-state index contributed by atoms with van der Waals surface area (Å²) < 4.78 is 5.87. The van der Waals surface area contributed by atoms with Crippen molar-refractivity contribution in [2.45, 2.75) is 0 Å². The van der Waals surface area contributed by atoms with Crippen LogP contribution in [-0.4, -0.2) is 49.4 Å². The van der Waals surface area contributed by atoms with E-state index in [1.807, 2.05) is 20.2 Å². The van der Waals surface area contributed by atoms with Gasteiger partial charge in [-0.25, -0.2) is 0 Å². The lowest BCUT2D eigenvalue weighted by Crippen LogP contribution is -2.32. The van der Waals surface area contributed by atoms with Crippen LogP contribution in [0.25, 0.3) is 0 Å². The van der Waals surface area contributed by atoms with E-state index in [2.05, 4.69) is 103 Å². The van der Waals surface area contributed by atoms with Crippen molar-refractivity contribution in [3.05, 3.63) is 60.7 Å². The van der Waals surface area contributed by atoms with Gasteiger partial charge in [-0.1, -0.05) is 30.3 Å². The van der Waals surface area contributed by atoms with Crippen molar-refractivity contribution in [3.8, 4) is 5.75 Å². The average molecular weight is 437 g/mol. The van der Waals surface area contributed by atoms with Gasteiger partial charge in [0.1, 0.15) is 5.75 Å². The van der Waals surface area contributed by atoms with Crippen LogP contribution >= 0.6 is 7.92 Å². The van der Waals surface area contributed by atoms with E-state index in [1.165, 1.54) is 27.3 Å². The maximum absolute atomic E-state index is 5.87. The molecule has 6 heteroatoms. The molecule has 1 unspecified atom stereocenters. The third-order valence-corrected chi connectivity index (χ3v) is 7.99. The van der Waals surface area contributed by atoms with Crippen LogP contribution in [0.4, 0.5) is 22.7 Å². The number of ether oxygens (including phenoxy) is 1.